The molecule has 0 aliphatic heterocycles. The lowest BCUT2D eigenvalue weighted by molar-refractivity contribution is 0.414. The van der Waals surface area contributed by atoms with Crippen molar-refractivity contribution in [3.05, 3.63) is 59.7 Å². The lowest BCUT2D eigenvalue weighted by Crippen LogP contribution is -1.85. The smallest absolute Gasteiger partial charge is 0.126 e. The van der Waals surface area contributed by atoms with Gasteiger partial charge >= 0.3 is 0 Å². The van der Waals surface area contributed by atoms with Crippen LogP contribution in [0.4, 0.5) is 0 Å². The normalized spacial score (nSPS) is 10.6. The SMILES string of the molecule is COc1ccccc1/C=C/c1ccc(O)cc1. The molecule has 17 heavy (non-hydrogen) atoms. The zero-order chi connectivity index (χ0) is 12.1. The number of phenolic OH excluding ortho intramolecular Hbond substituents is 1. The molecule has 0 heterocycles. The van der Waals surface area contributed by atoms with E-state index < -0.39 is 0 Å². The van der Waals surface area contributed by atoms with Crippen molar-refractivity contribution >= 4 is 12.2 Å². The van der Waals surface area contributed by atoms with Gasteiger partial charge in [0.25, 0.3) is 0 Å². The number of aromatic hydroxyl groups is 1. The van der Waals surface area contributed by atoms with Crippen LogP contribution in [0.5, 0.6) is 11.5 Å². The summed E-state index contributed by atoms with van der Waals surface area (Å²) in [6, 6.07) is 14.9. The predicted octanol–water partition coefficient (Wildman–Crippen LogP) is 3.57. The van der Waals surface area contributed by atoms with Crippen molar-refractivity contribution in [3.8, 4) is 11.5 Å². The van der Waals surface area contributed by atoms with Gasteiger partial charge in [-0.25, -0.2) is 0 Å². The molecule has 0 fully saturated rings. The van der Waals surface area contributed by atoms with Crippen LogP contribution in [-0.4, -0.2) is 12.2 Å². The molecule has 0 radical (unpaired) electrons. The van der Waals surface area contributed by atoms with Gasteiger partial charge in [-0.1, -0.05) is 42.5 Å². The molecule has 0 amide bonds. The number of methoxy groups -OCH3 is 1. The highest BCUT2D eigenvalue weighted by Crippen LogP contribution is 2.20. The van der Waals surface area contributed by atoms with E-state index in [2.05, 4.69) is 0 Å². The monoisotopic (exact) mass is 226 g/mol. The minimum absolute atomic E-state index is 0.277. The Morgan fingerprint density at radius 1 is 0.941 bits per heavy atom. The fourth-order valence-electron chi connectivity index (χ4n) is 1.58. The van der Waals surface area contributed by atoms with E-state index in [-0.39, 0.29) is 5.75 Å². The second kappa shape index (κ2) is 5.21. The predicted molar refractivity (Wildman–Crippen MR) is 70.0 cm³/mol. The number of benzene rings is 2. The largest absolute Gasteiger partial charge is 0.508 e. The van der Waals surface area contributed by atoms with Gasteiger partial charge in [-0.15, -0.1) is 0 Å². The summed E-state index contributed by atoms with van der Waals surface area (Å²) in [6.07, 6.45) is 3.97. The molecule has 0 saturated heterocycles. The second-order valence-electron chi connectivity index (χ2n) is 3.67. The summed E-state index contributed by atoms with van der Waals surface area (Å²) in [5.41, 5.74) is 2.07. The first-order valence-corrected chi connectivity index (χ1v) is 5.40. The standard InChI is InChI=1S/C15H14O2/c1-17-15-5-3-2-4-13(15)9-6-12-7-10-14(16)11-8-12/h2-11,16H,1H3/b9-6+. The molecule has 1 N–H and O–H groups in total. The van der Waals surface area contributed by atoms with E-state index in [1.807, 2.05) is 48.6 Å². The van der Waals surface area contributed by atoms with Gasteiger partial charge in [0.05, 0.1) is 7.11 Å². The Morgan fingerprint density at radius 3 is 2.35 bits per heavy atom. The molecule has 0 atom stereocenters. The molecule has 86 valence electrons. The number of hydrogen-bond donors (Lipinski definition) is 1. The van der Waals surface area contributed by atoms with E-state index in [1.165, 1.54) is 0 Å². The highest BCUT2D eigenvalue weighted by molar-refractivity contribution is 5.72. The lowest BCUT2D eigenvalue weighted by Gasteiger charge is -2.03. The molecule has 2 aromatic rings. The minimum atomic E-state index is 0.277. The maximum Gasteiger partial charge on any atom is 0.126 e. The van der Waals surface area contributed by atoms with Gasteiger partial charge in [0.2, 0.25) is 0 Å². The maximum absolute atomic E-state index is 9.18. The first-order valence-electron chi connectivity index (χ1n) is 5.40. The molecule has 2 aromatic carbocycles. The quantitative estimate of drug-likeness (QED) is 0.811. The summed E-state index contributed by atoms with van der Waals surface area (Å²) in [4.78, 5) is 0. The number of ether oxygens (including phenoxy) is 1. The molecule has 2 heteroatoms. The summed E-state index contributed by atoms with van der Waals surface area (Å²) in [5, 5.41) is 9.18. The summed E-state index contributed by atoms with van der Waals surface area (Å²) in [5.74, 6) is 1.13. The van der Waals surface area contributed by atoms with Gasteiger partial charge in [-0.2, -0.15) is 0 Å². The third kappa shape index (κ3) is 2.88. The van der Waals surface area contributed by atoms with Crippen molar-refractivity contribution < 1.29 is 9.84 Å². The van der Waals surface area contributed by atoms with Crippen LogP contribution in [0.3, 0.4) is 0 Å². The number of hydrogen-bond acceptors (Lipinski definition) is 2. The molecule has 2 nitrogen and oxygen atoms in total. The maximum atomic E-state index is 9.18. The van der Waals surface area contributed by atoms with Crippen molar-refractivity contribution in [2.75, 3.05) is 7.11 Å². The van der Waals surface area contributed by atoms with E-state index in [0.29, 0.717) is 0 Å². The van der Waals surface area contributed by atoms with Crippen molar-refractivity contribution in [2.45, 2.75) is 0 Å². The van der Waals surface area contributed by atoms with Gasteiger partial charge in [0.15, 0.2) is 0 Å². The Bertz CT molecular complexity index is 513. The van der Waals surface area contributed by atoms with Crippen LogP contribution in [0.25, 0.3) is 12.2 Å². The van der Waals surface area contributed by atoms with Crippen LogP contribution >= 0.6 is 0 Å². The molecule has 0 spiro atoms. The van der Waals surface area contributed by atoms with E-state index in [4.69, 9.17) is 4.74 Å². The van der Waals surface area contributed by atoms with Crippen LogP contribution in [0, 0.1) is 0 Å². The van der Waals surface area contributed by atoms with Gasteiger partial charge in [-0.05, 0) is 23.8 Å². The van der Waals surface area contributed by atoms with Crippen molar-refractivity contribution in [3.63, 3.8) is 0 Å². The van der Waals surface area contributed by atoms with Crippen LogP contribution < -0.4 is 4.74 Å². The zero-order valence-corrected chi connectivity index (χ0v) is 9.63. The third-order valence-corrected chi connectivity index (χ3v) is 2.49. The molecule has 0 bridgehead atoms. The highest BCUT2D eigenvalue weighted by atomic mass is 16.5. The van der Waals surface area contributed by atoms with E-state index in [1.54, 1.807) is 19.2 Å². The van der Waals surface area contributed by atoms with Crippen LogP contribution in [0.2, 0.25) is 0 Å². The Balaban J connectivity index is 2.22. The molecular weight excluding hydrogens is 212 g/mol. The van der Waals surface area contributed by atoms with Crippen LogP contribution in [-0.2, 0) is 0 Å². The molecular formula is C15H14O2. The number of phenols is 1. The van der Waals surface area contributed by atoms with E-state index >= 15 is 0 Å². The highest BCUT2D eigenvalue weighted by Gasteiger charge is 1.96. The molecule has 0 aliphatic carbocycles. The van der Waals surface area contributed by atoms with Crippen molar-refractivity contribution in [2.24, 2.45) is 0 Å². The third-order valence-electron chi connectivity index (χ3n) is 2.49. The Kier molecular flexibility index (Phi) is 3.46. The Labute approximate surface area is 101 Å². The first-order chi connectivity index (χ1) is 8.29. The summed E-state index contributed by atoms with van der Waals surface area (Å²) in [6.45, 7) is 0. The molecule has 0 saturated carbocycles. The summed E-state index contributed by atoms with van der Waals surface area (Å²) >= 11 is 0. The van der Waals surface area contributed by atoms with Gasteiger partial charge in [0, 0.05) is 5.56 Å². The van der Waals surface area contributed by atoms with E-state index in [0.717, 1.165) is 16.9 Å². The Morgan fingerprint density at radius 2 is 1.65 bits per heavy atom. The van der Waals surface area contributed by atoms with Gasteiger partial charge in [-0.3, -0.25) is 0 Å². The molecule has 0 aliphatic rings. The van der Waals surface area contributed by atoms with Crippen LogP contribution in [0.1, 0.15) is 11.1 Å². The first kappa shape index (κ1) is 11.3. The fraction of sp³-hybridized carbons (Fsp3) is 0.0667. The van der Waals surface area contributed by atoms with Crippen molar-refractivity contribution in [1.82, 2.24) is 0 Å². The Hall–Kier alpha value is -2.22. The van der Waals surface area contributed by atoms with Crippen LogP contribution in [0.15, 0.2) is 48.5 Å². The number of para-hydroxylation sites is 1. The summed E-state index contributed by atoms with van der Waals surface area (Å²) in [7, 11) is 1.66. The topological polar surface area (TPSA) is 29.5 Å². The average Bonchev–Trinajstić information content (AvgIpc) is 2.38. The zero-order valence-electron chi connectivity index (χ0n) is 9.63. The summed E-state index contributed by atoms with van der Waals surface area (Å²) < 4.78 is 5.26. The van der Waals surface area contributed by atoms with Gasteiger partial charge < -0.3 is 9.84 Å². The van der Waals surface area contributed by atoms with Gasteiger partial charge in [0.1, 0.15) is 11.5 Å². The molecule has 0 aromatic heterocycles. The van der Waals surface area contributed by atoms with E-state index in [9.17, 15) is 5.11 Å². The molecule has 0 unspecified atom stereocenters. The number of rotatable bonds is 3. The van der Waals surface area contributed by atoms with Crippen molar-refractivity contribution in [1.29, 1.82) is 0 Å². The molecule has 2 rings (SSSR count). The second-order valence-corrected chi connectivity index (χ2v) is 3.67. The lowest BCUT2D eigenvalue weighted by atomic mass is 10.1. The minimum Gasteiger partial charge on any atom is -0.508 e. The fourth-order valence-corrected chi connectivity index (χ4v) is 1.58. The average molecular weight is 226 g/mol.